The summed E-state index contributed by atoms with van der Waals surface area (Å²) in [4.78, 5) is 12.4. The van der Waals surface area contributed by atoms with Crippen LogP contribution in [0.3, 0.4) is 0 Å². The topological polar surface area (TPSA) is 78.5 Å². The second kappa shape index (κ2) is 9.21. The van der Waals surface area contributed by atoms with Gasteiger partial charge in [0.05, 0.1) is 11.4 Å². The van der Waals surface area contributed by atoms with Crippen LogP contribution in [0.1, 0.15) is 31.2 Å². The van der Waals surface area contributed by atoms with Crippen LogP contribution in [-0.4, -0.2) is 38.3 Å². The molecular weight excluding hydrogens is 374 g/mol. The normalized spacial score (nSPS) is 15.6. The lowest BCUT2D eigenvalue weighted by Crippen LogP contribution is -2.31. The second-order valence-electron chi connectivity index (χ2n) is 7.11. The number of carbonyl (C=O) groups excluding carboxylic acids is 1. The van der Waals surface area contributed by atoms with Gasteiger partial charge in [-0.1, -0.05) is 30.5 Å². The van der Waals surface area contributed by atoms with Gasteiger partial charge in [0.2, 0.25) is 15.9 Å². The van der Waals surface area contributed by atoms with Crippen molar-refractivity contribution in [2.24, 2.45) is 0 Å². The Labute approximate surface area is 167 Å². The van der Waals surface area contributed by atoms with Crippen molar-refractivity contribution in [2.45, 2.75) is 37.5 Å². The molecule has 3 rings (SSSR count). The van der Waals surface area contributed by atoms with Gasteiger partial charge in [-0.25, -0.2) is 8.42 Å². The number of aryl methyl sites for hydroxylation is 1. The number of nitrogens with zero attached hydrogens (tertiary/aromatic N) is 1. The number of hydrogen-bond donors (Lipinski definition) is 2. The number of carbonyl (C=O) groups is 1. The minimum atomic E-state index is -3.45. The zero-order valence-electron chi connectivity index (χ0n) is 16.1. The smallest absolute Gasteiger partial charge is 0.243 e. The lowest BCUT2D eigenvalue weighted by Gasteiger charge is -2.20. The number of hydrogen-bond acceptors (Lipinski definition) is 4. The van der Waals surface area contributed by atoms with Crippen molar-refractivity contribution in [3.63, 3.8) is 0 Å². The molecule has 0 aromatic heterocycles. The fraction of sp³-hybridized carbons (Fsp3) is 0.381. The van der Waals surface area contributed by atoms with Crippen LogP contribution in [-0.2, 0) is 14.8 Å². The average Bonchev–Trinajstić information content (AvgIpc) is 2.99. The van der Waals surface area contributed by atoms with Gasteiger partial charge in [0, 0.05) is 24.5 Å². The molecule has 150 valence electrons. The van der Waals surface area contributed by atoms with Crippen molar-refractivity contribution in [3.05, 3.63) is 54.1 Å². The molecule has 1 aliphatic heterocycles. The molecule has 0 bridgehead atoms. The highest BCUT2D eigenvalue weighted by Crippen LogP contribution is 2.21. The van der Waals surface area contributed by atoms with Gasteiger partial charge in [-0.2, -0.15) is 4.31 Å². The summed E-state index contributed by atoms with van der Waals surface area (Å²) < 4.78 is 27.2. The van der Waals surface area contributed by atoms with Gasteiger partial charge in [0.1, 0.15) is 0 Å². The summed E-state index contributed by atoms with van der Waals surface area (Å²) in [5.41, 5.74) is 2.58. The molecule has 1 fully saturated rings. The molecule has 1 aliphatic rings. The zero-order chi connectivity index (χ0) is 20.0. The second-order valence-corrected chi connectivity index (χ2v) is 9.05. The fourth-order valence-corrected chi connectivity index (χ4v) is 4.72. The van der Waals surface area contributed by atoms with Gasteiger partial charge in [-0.05, 0) is 56.2 Å². The summed E-state index contributed by atoms with van der Waals surface area (Å²) in [5.74, 6) is -0.162. The van der Waals surface area contributed by atoms with E-state index in [1.54, 1.807) is 28.6 Å². The van der Waals surface area contributed by atoms with Crippen molar-refractivity contribution in [1.29, 1.82) is 0 Å². The van der Waals surface area contributed by atoms with Crippen molar-refractivity contribution in [3.8, 4) is 0 Å². The van der Waals surface area contributed by atoms with Crippen molar-refractivity contribution in [1.82, 2.24) is 4.31 Å². The molecule has 7 heteroatoms. The summed E-state index contributed by atoms with van der Waals surface area (Å²) in [6.45, 7) is 3.26. The molecular formula is C21H27N3O3S. The third-order valence-corrected chi connectivity index (χ3v) is 6.76. The van der Waals surface area contributed by atoms with Gasteiger partial charge in [0.15, 0.2) is 0 Å². The van der Waals surface area contributed by atoms with Crippen LogP contribution in [0.5, 0.6) is 0 Å². The van der Waals surface area contributed by atoms with Crippen molar-refractivity contribution < 1.29 is 13.2 Å². The molecule has 0 radical (unpaired) electrons. The predicted molar refractivity (Wildman–Crippen MR) is 112 cm³/mol. The van der Waals surface area contributed by atoms with Crippen LogP contribution in [0.4, 0.5) is 11.4 Å². The first kappa shape index (κ1) is 20.4. The standard InChI is InChI=1S/C21H27N3O3S/c1-17-6-8-19(9-7-17)23-21(25)16-22-18-10-12-20(13-11-18)28(26,27)24-14-4-2-3-5-15-24/h6-13,22H,2-5,14-16H2,1H3,(H,23,25). The SMILES string of the molecule is Cc1ccc(NC(=O)CNc2ccc(S(=O)(=O)N3CCCCCC3)cc2)cc1. The Hall–Kier alpha value is -2.38. The maximum atomic E-state index is 12.8. The van der Waals surface area contributed by atoms with E-state index in [4.69, 9.17) is 0 Å². The number of rotatable bonds is 6. The summed E-state index contributed by atoms with van der Waals surface area (Å²) in [7, 11) is -3.45. The Morgan fingerprint density at radius 2 is 1.46 bits per heavy atom. The van der Waals surface area contributed by atoms with Gasteiger partial charge in [-0.3, -0.25) is 4.79 Å². The summed E-state index contributed by atoms with van der Waals surface area (Å²) in [6.07, 6.45) is 3.99. The fourth-order valence-electron chi connectivity index (χ4n) is 3.20. The monoisotopic (exact) mass is 401 g/mol. The molecule has 1 amide bonds. The molecule has 0 saturated carbocycles. The summed E-state index contributed by atoms with van der Waals surface area (Å²) >= 11 is 0. The lowest BCUT2D eigenvalue weighted by atomic mass is 10.2. The molecule has 0 aliphatic carbocycles. The summed E-state index contributed by atoms with van der Waals surface area (Å²) in [6, 6.07) is 14.2. The van der Waals surface area contributed by atoms with Crippen LogP contribution in [0.2, 0.25) is 0 Å². The van der Waals surface area contributed by atoms with E-state index in [0.29, 0.717) is 23.7 Å². The first-order valence-corrected chi connectivity index (χ1v) is 11.1. The van der Waals surface area contributed by atoms with E-state index in [1.165, 1.54) is 0 Å². The predicted octanol–water partition coefficient (Wildman–Crippen LogP) is 3.61. The molecule has 6 nitrogen and oxygen atoms in total. The molecule has 2 N–H and O–H groups in total. The van der Waals surface area contributed by atoms with E-state index in [2.05, 4.69) is 10.6 Å². The Morgan fingerprint density at radius 1 is 0.893 bits per heavy atom. The van der Waals surface area contributed by atoms with E-state index in [9.17, 15) is 13.2 Å². The first-order valence-electron chi connectivity index (χ1n) is 9.66. The Morgan fingerprint density at radius 3 is 2.07 bits per heavy atom. The van der Waals surface area contributed by atoms with E-state index < -0.39 is 10.0 Å². The Kier molecular flexibility index (Phi) is 6.70. The maximum Gasteiger partial charge on any atom is 0.243 e. The number of benzene rings is 2. The van der Waals surface area contributed by atoms with Crippen LogP contribution in [0.15, 0.2) is 53.4 Å². The first-order chi connectivity index (χ1) is 13.4. The van der Waals surface area contributed by atoms with Crippen LogP contribution in [0, 0.1) is 6.92 Å². The van der Waals surface area contributed by atoms with Crippen molar-refractivity contribution in [2.75, 3.05) is 30.3 Å². The lowest BCUT2D eigenvalue weighted by molar-refractivity contribution is -0.114. The van der Waals surface area contributed by atoms with E-state index in [-0.39, 0.29) is 12.5 Å². The van der Waals surface area contributed by atoms with Gasteiger partial charge < -0.3 is 10.6 Å². The highest BCUT2D eigenvalue weighted by atomic mass is 32.2. The molecule has 0 atom stereocenters. The van der Waals surface area contributed by atoms with Crippen LogP contribution < -0.4 is 10.6 Å². The average molecular weight is 402 g/mol. The van der Waals surface area contributed by atoms with E-state index in [1.807, 2.05) is 31.2 Å². The molecule has 1 heterocycles. The zero-order valence-corrected chi connectivity index (χ0v) is 17.0. The van der Waals surface area contributed by atoms with Crippen LogP contribution in [0.25, 0.3) is 0 Å². The van der Waals surface area contributed by atoms with E-state index in [0.717, 1.165) is 36.9 Å². The highest BCUT2D eigenvalue weighted by molar-refractivity contribution is 7.89. The quantitative estimate of drug-likeness (QED) is 0.775. The minimum absolute atomic E-state index is 0.103. The largest absolute Gasteiger partial charge is 0.376 e. The molecule has 0 spiro atoms. The molecule has 0 unspecified atom stereocenters. The maximum absolute atomic E-state index is 12.8. The summed E-state index contributed by atoms with van der Waals surface area (Å²) in [5, 5.41) is 5.84. The molecule has 2 aromatic rings. The van der Waals surface area contributed by atoms with E-state index >= 15 is 0 Å². The molecule has 28 heavy (non-hydrogen) atoms. The molecule has 2 aromatic carbocycles. The minimum Gasteiger partial charge on any atom is -0.376 e. The number of amides is 1. The third kappa shape index (κ3) is 5.33. The number of nitrogens with one attached hydrogen (secondary N) is 2. The van der Waals surface area contributed by atoms with Crippen molar-refractivity contribution >= 4 is 27.3 Å². The number of sulfonamides is 1. The Balaban J connectivity index is 1.56. The number of anilines is 2. The Bertz CT molecular complexity index is 885. The van der Waals surface area contributed by atoms with Gasteiger partial charge in [0.25, 0.3) is 0 Å². The highest BCUT2D eigenvalue weighted by Gasteiger charge is 2.24. The molecule has 1 saturated heterocycles. The van der Waals surface area contributed by atoms with Gasteiger partial charge >= 0.3 is 0 Å². The van der Waals surface area contributed by atoms with Gasteiger partial charge in [-0.15, -0.1) is 0 Å². The third-order valence-electron chi connectivity index (χ3n) is 4.85. The van der Waals surface area contributed by atoms with Crippen LogP contribution >= 0.6 is 0 Å².